The maximum Gasteiger partial charge on any atom is 0.220 e. The van der Waals surface area contributed by atoms with Crippen LogP contribution in [0.5, 0.6) is 0 Å². The molecular weight excluding hydrogens is 1060 g/mol. The first-order valence-electron chi connectivity index (χ1n) is 33.1. The lowest BCUT2D eigenvalue weighted by atomic mass is 9.97. The van der Waals surface area contributed by atoms with Crippen molar-refractivity contribution in [2.75, 3.05) is 19.8 Å². The Hall–Kier alpha value is -3.35. The molecule has 2 saturated heterocycles. The van der Waals surface area contributed by atoms with Crippen LogP contribution in [0.15, 0.2) is 109 Å². The molecule has 14 heteroatoms. The molecule has 2 rings (SSSR count). The van der Waals surface area contributed by atoms with Crippen molar-refractivity contribution in [1.29, 1.82) is 0 Å². The van der Waals surface area contributed by atoms with Crippen LogP contribution in [0.2, 0.25) is 0 Å². The van der Waals surface area contributed by atoms with Crippen molar-refractivity contribution in [2.45, 2.75) is 306 Å². The molecule has 1 amide bonds. The van der Waals surface area contributed by atoms with Crippen molar-refractivity contribution >= 4 is 5.91 Å². The van der Waals surface area contributed by atoms with Crippen molar-refractivity contribution < 1.29 is 64.6 Å². The van der Waals surface area contributed by atoms with Crippen molar-refractivity contribution in [3.05, 3.63) is 109 Å². The highest BCUT2D eigenvalue weighted by molar-refractivity contribution is 5.76. The minimum atomic E-state index is -1.78. The highest BCUT2D eigenvalue weighted by Crippen LogP contribution is 2.30. The molecule has 12 unspecified atom stereocenters. The Bertz CT molecular complexity index is 1820. The highest BCUT2D eigenvalue weighted by atomic mass is 16.7. The van der Waals surface area contributed by atoms with Crippen LogP contribution in [0.1, 0.15) is 232 Å². The number of amides is 1. The van der Waals surface area contributed by atoms with Crippen molar-refractivity contribution in [1.82, 2.24) is 5.32 Å². The lowest BCUT2D eigenvalue weighted by Gasteiger charge is -2.46. The van der Waals surface area contributed by atoms with Gasteiger partial charge in [0.2, 0.25) is 5.91 Å². The summed E-state index contributed by atoms with van der Waals surface area (Å²) in [5.74, 6) is -0.214. The molecule has 14 nitrogen and oxygen atoms in total. The second-order valence-electron chi connectivity index (χ2n) is 22.9. The van der Waals surface area contributed by atoms with Crippen LogP contribution < -0.4 is 5.32 Å². The predicted octanol–water partition coefficient (Wildman–Crippen LogP) is 12.8. The van der Waals surface area contributed by atoms with Gasteiger partial charge in [-0.2, -0.15) is 0 Å². The number of unbranched alkanes of at least 4 members (excludes halogenated alkanes) is 21. The summed E-state index contributed by atoms with van der Waals surface area (Å²) < 4.78 is 22.8. The van der Waals surface area contributed by atoms with E-state index in [2.05, 4.69) is 129 Å². The van der Waals surface area contributed by atoms with Gasteiger partial charge in [0, 0.05) is 6.42 Å². The second kappa shape index (κ2) is 53.9. The first-order valence-corrected chi connectivity index (χ1v) is 33.1. The molecule has 0 aromatic heterocycles. The molecule has 9 N–H and O–H groups in total. The summed E-state index contributed by atoms with van der Waals surface area (Å²) in [6.45, 7) is 2.70. The number of hydrogen-bond acceptors (Lipinski definition) is 13. The molecule has 2 fully saturated rings. The zero-order valence-corrected chi connectivity index (χ0v) is 52.1. The predicted molar refractivity (Wildman–Crippen MR) is 341 cm³/mol. The fourth-order valence-corrected chi connectivity index (χ4v) is 10.2. The van der Waals surface area contributed by atoms with E-state index in [1.54, 1.807) is 0 Å². The highest BCUT2D eigenvalue weighted by Gasteiger charge is 2.51. The van der Waals surface area contributed by atoms with Gasteiger partial charge in [0.25, 0.3) is 0 Å². The lowest BCUT2D eigenvalue weighted by molar-refractivity contribution is -0.359. The Balaban J connectivity index is 1.55. The molecular formula is C70H119NO13. The number of aliphatic hydroxyl groups is 8. The van der Waals surface area contributed by atoms with E-state index in [1.807, 2.05) is 0 Å². The normalized spacial score (nSPS) is 24.4. The minimum Gasteiger partial charge on any atom is -0.394 e. The van der Waals surface area contributed by atoms with Crippen molar-refractivity contribution in [3.63, 3.8) is 0 Å². The van der Waals surface area contributed by atoms with E-state index in [-0.39, 0.29) is 12.5 Å². The fourth-order valence-electron chi connectivity index (χ4n) is 10.2. The third-order valence-corrected chi connectivity index (χ3v) is 15.5. The number of ether oxygens (including phenoxy) is 4. The molecule has 482 valence electrons. The summed E-state index contributed by atoms with van der Waals surface area (Å²) in [4.78, 5) is 13.2. The first-order chi connectivity index (χ1) is 41.1. The summed E-state index contributed by atoms with van der Waals surface area (Å²) in [6.07, 6.45) is 59.9. The number of carbonyl (C=O) groups excluding carboxylic acids is 1. The van der Waals surface area contributed by atoms with E-state index >= 15 is 0 Å². The van der Waals surface area contributed by atoms with Crippen molar-refractivity contribution in [3.8, 4) is 0 Å². The Kier molecular flexibility index (Phi) is 49.2. The van der Waals surface area contributed by atoms with E-state index < -0.39 is 86.8 Å². The summed E-state index contributed by atoms with van der Waals surface area (Å²) >= 11 is 0. The van der Waals surface area contributed by atoms with Crippen LogP contribution >= 0.6 is 0 Å². The smallest absolute Gasteiger partial charge is 0.220 e. The fraction of sp³-hybridized carbons (Fsp3) is 0.729. The van der Waals surface area contributed by atoms with Gasteiger partial charge in [-0.25, -0.2) is 0 Å². The van der Waals surface area contributed by atoms with Crippen LogP contribution in [0, 0.1) is 0 Å². The third-order valence-electron chi connectivity index (χ3n) is 15.5. The van der Waals surface area contributed by atoms with Crippen LogP contribution in [-0.2, 0) is 23.7 Å². The monoisotopic (exact) mass is 1180 g/mol. The molecule has 0 aromatic rings. The van der Waals surface area contributed by atoms with E-state index in [9.17, 15) is 45.6 Å². The van der Waals surface area contributed by atoms with Gasteiger partial charge < -0.3 is 65.1 Å². The second-order valence-corrected chi connectivity index (χ2v) is 22.9. The molecule has 0 saturated carbocycles. The average molecular weight is 1180 g/mol. The molecule has 0 bridgehead atoms. The molecule has 12 atom stereocenters. The maximum absolute atomic E-state index is 13.2. The Morgan fingerprint density at radius 2 is 0.821 bits per heavy atom. The van der Waals surface area contributed by atoms with Crippen molar-refractivity contribution in [2.24, 2.45) is 0 Å². The largest absolute Gasteiger partial charge is 0.394 e. The quantitative estimate of drug-likeness (QED) is 0.0204. The number of nitrogens with one attached hydrogen (secondary N) is 1. The summed E-state index contributed by atoms with van der Waals surface area (Å²) in [5, 5.41) is 87.1. The van der Waals surface area contributed by atoms with E-state index in [1.165, 1.54) is 89.9 Å². The van der Waals surface area contributed by atoms with Gasteiger partial charge in [0.15, 0.2) is 12.6 Å². The lowest BCUT2D eigenvalue weighted by Crippen LogP contribution is -2.65. The van der Waals surface area contributed by atoms with E-state index in [0.717, 1.165) is 116 Å². The van der Waals surface area contributed by atoms with Gasteiger partial charge in [0.1, 0.15) is 48.8 Å². The van der Waals surface area contributed by atoms with E-state index in [0.29, 0.717) is 12.8 Å². The molecule has 2 aliphatic rings. The van der Waals surface area contributed by atoms with Crippen LogP contribution in [-0.4, -0.2) is 140 Å². The maximum atomic E-state index is 13.2. The SMILES string of the molecule is CC/C=C\C/C=C\C/C=C\C/C=C\C/C=C\C/C=C\C/C=C\C/C=C\C/C=C\CCCCCCCCCCCCCCCC(=O)NC(COC1OC(CO)C(OC2OC(CO)C(O)C(O)C2O)C(O)C1O)C(O)CCCCCCCCCCC. The third kappa shape index (κ3) is 38.0. The molecule has 0 aliphatic carbocycles. The number of carbonyl (C=O) groups is 1. The van der Waals surface area contributed by atoms with Gasteiger partial charge in [0.05, 0.1) is 32.0 Å². The van der Waals surface area contributed by atoms with Gasteiger partial charge in [-0.05, 0) is 83.5 Å². The molecule has 0 radical (unpaired) electrons. The molecule has 2 aliphatic heterocycles. The zero-order chi connectivity index (χ0) is 60.9. The Morgan fingerprint density at radius 3 is 1.26 bits per heavy atom. The number of hydrogen-bond donors (Lipinski definition) is 9. The Morgan fingerprint density at radius 1 is 0.440 bits per heavy atom. The van der Waals surface area contributed by atoms with Crippen LogP contribution in [0.4, 0.5) is 0 Å². The summed E-state index contributed by atoms with van der Waals surface area (Å²) in [5.41, 5.74) is 0. The van der Waals surface area contributed by atoms with Gasteiger partial charge in [-0.1, -0.05) is 252 Å². The zero-order valence-electron chi connectivity index (χ0n) is 52.1. The van der Waals surface area contributed by atoms with Crippen LogP contribution in [0.3, 0.4) is 0 Å². The Labute approximate surface area is 508 Å². The topological polar surface area (TPSA) is 228 Å². The van der Waals surface area contributed by atoms with E-state index in [4.69, 9.17) is 18.9 Å². The van der Waals surface area contributed by atoms with Crippen LogP contribution in [0.25, 0.3) is 0 Å². The summed E-state index contributed by atoms with van der Waals surface area (Å²) in [7, 11) is 0. The molecule has 0 aromatic carbocycles. The minimum absolute atomic E-state index is 0.214. The molecule has 0 spiro atoms. The molecule has 2 heterocycles. The summed E-state index contributed by atoms with van der Waals surface area (Å²) in [6, 6.07) is -0.833. The van der Waals surface area contributed by atoms with Gasteiger partial charge in [-0.15, -0.1) is 0 Å². The number of allylic oxidation sites excluding steroid dienone is 18. The standard InChI is InChI=1S/C70H119NO13/c1-3-5-7-9-11-13-14-15-16-17-18-19-20-21-22-23-24-25-26-27-28-29-30-31-32-33-34-35-36-37-38-39-40-41-42-43-44-46-48-50-52-54-62(75)71-58(59(74)53-51-49-47-45-12-10-8-6-4-2)57-81-69-67(80)65(78)68(61(56-73)83-69)84-70-66(79)64(77)63(76)60(55-72)82-70/h5,7,11,13,15-16,18-19,21-22,24-25,27-28,30-31,33-34,58-61,63-70,72-74,76-80H,3-4,6,8-10,12,14,17,20,23,26,29,32,35-57H2,1-2H3,(H,71,75)/b7-5-,13-11-,16-15-,19-18-,22-21-,25-24-,28-27-,31-30-,34-33-. The van der Waals surface area contributed by atoms with Gasteiger partial charge >= 0.3 is 0 Å². The number of aliphatic hydroxyl groups excluding tert-OH is 8. The first kappa shape index (κ1) is 76.7. The van der Waals surface area contributed by atoms with Gasteiger partial charge in [-0.3, -0.25) is 4.79 Å². The number of rotatable bonds is 52. The average Bonchev–Trinajstić information content (AvgIpc) is 2.28. The molecule has 84 heavy (non-hydrogen) atoms.